The molecule has 0 saturated carbocycles. The first-order valence-electron chi connectivity index (χ1n) is 6.96. The fraction of sp³-hybridized carbons (Fsp3) is 0.176. The molecule has 0 aliphatic rings. The number of hydrogen-bond donors (Lipinski definition) is 1. The van der Waals surface area contributed by atoms with E-state index in [1.54, 1.807) is 24.3 Å². The van der Waals surface area contributed by atoms with E-state index in [-0.39, 0.29) is 5.69 Å². The zero-order chi connectivity index (χ0) is 17.7. The second-order valence-electron chi connectivity index (χ2n) is 4.60. The van der Waals surface area contributed by atoms with Crippen LogP contribution in [0, 0.1) is 34.3 Å². The molecular formula is C17H13F2N3O2. The third-order valence-corrected chi connectivity index (χ3v) is 3.18. The lowest BCUT2D eigenvalue weighted by atomic mass is 10.1. The molecule has 0 amide bonds. The van der Waals surface area contributed by atoms with E-state index in [9.17, 15) is 8.78 Å². The standard InChI is InChI=1S/C17H13F2N3O2/c1-3-24-11-6-4-5-10(7-11)22-16-14(18)12(8-20)13(9-21)15(19)17(16)23-2/h4-7,22H,3H2,1-2H3. The summed E-state index contributed by atoms with van der Waals surface area (Å²) >= 11 is 0. The van der Waals surface area contributed by atoms with Crippen molar-refractivity contribution in [2.45, 2.75) is 6.92 Å². The van der Waals surface area contributed by atoms with Crippen LogP contribution in [0.3, 0.4) is 0 Å². The summed E-state index contributed by atoms with van der Waals surface area (Å²) in [6.45, 7) is 2.27. The van der Waals surface area contributed by atoms with Crippen molar-refractivity contribution in [2.24, 2.45) is 0 Å². The monoisotopic (exact) mass is 329 g/mol. The van der Waals surface area contributed by atoms with Crippen LogP contribution in [0.4, 0.5) is 20.2 Å². The summed E-state index contributed by atoms with van der Waals surface area (Å²) in [5, 5.41) is 20.7. The highest BCUT2D eigenvalue weighted by Crippen LogP contribution is 2.38. The van der Waals surface area contributed by atoms with Crippen LogP contribution in [0.15, 0.2) is 24.3 Å². The van der Waals surface area contributed by atoms with Gasteiger partial charge in [0.15, 0.2) is 17.4 Å². The molecule has 0 unspecified atom stereocenters. The first-order chi connectivity index (χ1) is 11.6. The third-order valence-electron chi connectivity index (χ3n) is 3.18. The van der Waals surface area contributed by atoms with Gasteiger partial charge in [0.1, 0.15) is 34.7 Å². The maximum absolute atomic E-state index is 14.6. The van der Waals surface area contributed by atoms with Crippen LogP contribution in [0.25, 0.3) is 0 Å². The van der Waals surface area contributed by atoms with Crippen LogP contribution in [0.1, 0.15) is 18.1 Å². The lowest BCUT2D eigenvalue weighted by molar-refractivity contribution is 0.340. The number of nitrogens with one attached hydrogen (secondary N) is 1. The Morgan fingerprint density at radius 2 is 1.79 bits per heavy atom. The minimum atomic E-state index is -1.10. The number of rotatable bonds is 5. The Labute approximate surface area is 137 Å². The highest BCUT2D eigenvalue weighted by Gasteiger charge is 2.25. The van der Waals surface area contributed by atoms with Crippen LogP contribution < -0.4 is 14.8 Å². The maximum Gasteiger partial charge on any atom is 0.186 e. The van der Waals surface area contributed by atoms with Crippen LogP contribution >= 0.6 is 0 Å². The highest BCUT2D eigenvalue weighted by molar-refractivity contribution is 5.73. The molecular weight excluding hydrogens is 316 g/mol. The van der Waals surface area contributed by atoms with Crippen molar-refractivity contribution in [1.29, 1.82) is 10.5 Å². The average molecular weight is 329 g/mol. The van der Waals surface area contributed by atoms with Gasteiger partial charge in [0, 0.05) is 11.8 Å². The Morgan fingerprint density at radius 1 is 1.12 bits per heavy atom. The second kappa shape index (κ2) is 7.30. The molecule has 0 aromatic heterocycles. The molecule has 2 aromatic carbocycles. The molecule has 5 nitrogen and oxygen atoms in total. The predicted molar refractivity (Wildman–Crippen MR) is 83.2 cm³/mol. The Kier molecular flexibility index (Phi) is 5.18. The molecule has 0 aliphatic heterocycles. The lowest BCUT2D eigenvalue weighted by Gasteiger charge is -2.15. The summed E-state index contributed by atoms with van der Waals surface area (Å²) in [4.78, 5) is 0. The number of nitriles is 2. The summed E-state index contributed by atoms with van der Waals surface area (Å²) in [6, 6.07) is 9.57. The largest absolute Gasteiger partial charge is 0.494 e. The van der Waals surface area contributed by atoms with Crippen molar-refractivity contribution < 1.29 is 18.3 Å². The van der Waals surface area contributed by atoms with E-state index in [2.05, 4.69) is 5.32 Å². The van der Waals surface area contributed by atoms with E-state index in [0.717, 1.165) is 7.11 Å². The smallest absolute Gasteiger partial charge is 0.186 e. The average Bonchev–Trinajstić information content (AvgIpc) is 2.58. The van der Waals surface area contributed by atoms with E-state index < -0.39 is 28.5 Å². The number of ether oxygens (including phenoxy) is 2. The molecule has 0 radical (unpaired) electrons. The molecule has 0 aliphatic carbocycles. The quantitative estimate of drug-likeness (QED) is 0.901. The van der Waals surface area contributed by atoms with Crippen LogP contribution in [-0.4, -0.2) is 13.7 Å². The molecule has 0 bridgehead atoms. The Balaban J connectivity index is 2.59. The Morgan fingerprint density at radius 3 is 2.38 bits per heavy atom. The molecule has 7 heteroatoms. The van der Waals surface area contributed by atoms with Crippen molar-refractivity contribution in [2.75, 3.05) is 19.0 Å². The highest BCUT2D eigenvalue weighted by atomic mass is 19.1. The number of nitrogens with zero attached hydrogens (tertiary/aromatic N) is 2. The number of benzene rings is 2. The van der Waals surface area contributed by atoms with E-state index in [0.29, 0.717) is 18.0 Å². The first kappa shape index (κ1) is 17.0. The number of anilines is 2. The maximum atomic E-state index is 14.6. The van der Waals surface area contributed by atoms with E-state index in [1.165, 1.54) is 12.1 Å². The molecule has 24 heavy (non-hydrogen) atoms. The first-order valence-corrected chi connectivity index (χ1v) is 6.96. The molecule has 0 spiro atoms. The number of hydrogen-bond acceptors (Lipinski definition) is 5. The van der Waals surface area contributed by atoms with Gasteiger partial charge in [-0.05, 0) is 19.1 Å². The van der Waals surface area contributed by atoms with Gasteiger partial charge < -0.3 is 14.8 Å². The molecule has 122 valence electrons. The second-order valence-corrected chi connectivity index (χ2v) is 4.60. The van der Waals surface area contributed by atoms with Gasteiger partial charge in [-0.25, -0.2) is 8.78 Å². The lowest BCUT2D eigenvalue weighted by Crippen LogP contribution is -2.06. The summed E-state index contributed by atoms with van der Waals surface area (Å²) in [5.41, 5.74) is -1.33. The van der Waals surface area contributed by atoms with Gasteiger partial charge in [-0.15, -0.1) is 0 Å². The summed E-state index contributed by atoms with van der Waals surface area (Å²) in [7, 11) is 1.15. The van der Waals surface area contributed by atoms with Crippen LogP contribution in [-0.2, 0) is 0 Å². The van der Waals surface area contributed by atoms with Crippen molar-refractivity contribution in [3.05, 3.63) is 47.0 Å². The predicted octanol–water partition coefficient (Wildman–Crippen LogP) is 3.86. The van der Waals surface area contributed by atoms with Crippen molar-refractivity contribution >= 4 is 11.4 Å². The zero-order valence-corrected chi connectivity index (χ0v) is 13.0. The Bertz CT molecular complexity index is 851. The van der Waals surface area contributed by atoms with Crippen LogP contribution in [0.2, 0.25) is 0 Å². The summed E-state index contributed by atoms with van der Waals surface area (Å²) < 4.78 is 39.1. The van der Waals surface area contributed by atoms with E-state index in [4.69, 9.17) is 20.0 Å². The summed E-state index contributed by atoms with van der Waals surface area (Å²) in [6.07, 6.45) is 0. The molecule has 0 saturated heterocycles. The van der Waals surface area contributed by atoms with Gasteiger partial charge in [-0.2, -0.15) is 10.5 Å². The normalized spacial score (nSPS) is 9.75. The molecule has 2 rings (SSSR count). The zero-order valence-electron chi connectivity index (χ0n) is 13.0. The van der Waals surface area contributed by atoms with Gasteiger partial charge in [-0.3, -0.25) is 0 Å². The molecule has 0 atom stereocenters. The minimum Gasteiger partial charge on any atom is -0.494 e. The van der Waals surface area contributed by atoms with E-state index in [1.807, 2.05) is 6.92 Å². The van der Waals surface area contributed by atoms with Gasteiger partial charge in [0.25, 0.3) is 0 Å². The molecule has 2 aromatic rings. The van der Waals surface area contributed by atoms with Crippen molar-refractivity contribution in [1.82, 2.24) is 0 Å². The molecule has 0 heterocycles. The molecule has 1 N–H and O–H groups in total. The van der Waals surface area contributed by atoms with Crippen LogP contribution in [0.5, 0.6) is 11.5 Å². The van der Waals surface area contributed by atoms with Gasteiger partial charge in [-0.1, -0.05) is 6.07 Å². The summed E-state index contributed by atoms with van der Waals surface area (Å²) in [5.74, 6) is -2.10. The van der Waals surface area contributed by atoms with Gasteiger partial charge >= 0.3 is 0 Å². The number of halogens is 2. The topological polar surface area (TPSA) is 78.1 Å². The fourth-order valence-electron chi connectivity index (χ4n) is 2.16. The Hall–Kier alpha value is -3.32. The fourth-order valence-corrected chi connectivity index (χ4v) is 2.16. The third kappa shape index (κ3) is 3.06. The molecule has 0 fully saturated rings. The SMILES string of the molecule is CCOc1cccc(Nc2c(F)c(C#N)c(C#N)c(F)c2OC)c1. The van der Waals surface area contributed by atoms with Gasteiger partial charge in [0.2, 0.25) is 0 Å². The minimum absolute atomic E-state index is 0.362. The van der Waals surface area contributed by atoms with E-state index >= 15 is 0 Å². The van der Waals surface area contributed by atoms with Crippen molar-refractivity contribution in [3.8, 4) is 23.6 Å². The van der Waals surface area contributed by atoms with Crippen molar-refractivity contribution in [3.63, 3.8) is 0 Å². The van der Waals surface area contributed by atoms with Gasteiger partial charge in [0.05, 0.1) is 13.7 Å². The number of methoxy groups -OCH3 is 1.